The predicted molar refractivity (Wildman–Crippen MR) is 142 cm³/mol. The molecule has 1 heterocycles. The molecule has 202 valence electrons. The van der Waals surface area contributed by atoms with Crippen LogP contribution in [0, 0.1) is 5.92 Å². The Morgan fingerprint density at radius 3 is 1.87 bits per heavy atom. The Hall–Kier alpha value is -3.16. The van der Waals surface area contributed by atoms with Gasteiger partial charge < -0.3 is 23.3 Å². The number of ether oxygens (including phenoxy) is 3. The summed E-state index contributed by atoms with van der Waals surface area (Å²) in [7, 11) is -4.33. The number of para-hydroxylation sites is 2. The standard InChI is InChI=1S/C29H33O8P/c1-4-26-21(2)27(33-22(3)30)28(32-20-23-14-8-5-9-15-23)29(34-26)37-38(31,35-24-16-10-6-11-17-24)36-25-18-12-7-13-19-25/h5-19,21,26-29H,4,20H2,1-3H3/t21-,26-,27+,28+,29?/m1/s1. The van der Waals surface area contributed by atoms with E-state index in [0.29, 0.717) is 17.9 Å². The van der Waals surface area contributed by atoms with E-state index in [0.717, 1.165) is 5.56 Å². The maximum absolute atomic E-state index is 14.1. The molecule has 9 heteroatoms. The maximum atomic E-state index is 14.1. The molecular formula is C29H33O8P. The lowest BCUT2D eigenvalue weighted by atomic mass is 9.89. The Labute approximate surface area is 223 Å². The molecule has 3 aromatic rings. The SMILES string of the molecule is CC[C@H]1OC(OP(=O)(Oc2ccccc2)Oc2ccccc2)[C@@H](OCc2ccccc2)[C@@H](OC(C)=O)[C@@H]1C. The normalized spacial score (nSPS) is 23.4. The molecule has 1 unspecified atom stereocenters. The summed E-state index contributed by atoms with van der Waals surface area (Å²) in [6.07, 6.45) is -2.61. The fourth-order valence-corrected chi connectivity index (χ4v) is 5.62. The lowest BCUT2D eigenvalue weighted by Crippen LogP contribution is -2.56. The Bertz CT molecular complexity index is 1150. The quantitative estimate of drug-likeness (QED) is 0.200. The zero-order chi connectivity index (χ0) is 27.0. The molecule has 38 heavy (non-hydrogen) atoms. The van der Waals surface area contributed by atoms with Crippen LogP contribution in [0.4, 0.5) is 0 Å². The predicted octanol–water partition coefficient (Wildman–Crippen LogP) is 6.56. The van der Waals surface area contributed by atoms with Crippen LogP contribution in [0.15, 0.2) is 91.0 Å². The van der Waals surface area contributed by atoms with Crippen molar-refractivity contribution < 1.29 is 37.1 Å². The third-order valence-electron chi connectivity index (χ3n) is 6.15. The molecular weight excluding hydrogens is 507 g/mol. The van der Waals surface area contributed by atoms with E-state index in [2.05, 4.69) is 0 Å². The van der Waals surface area contributed by atoms with E-state index in [-0.39, 0.29) is 18.6 Å². The molecule has 5 atom stereocenters. The smallest absolute Gasteiger partial charge is 0.459 e. The number of esters is 1. The molecule has 3 aromatic carbocycles. The molecule has 0 aromatic heterocycles. The van der Waals surface area contributed by atoms with E-state index in [9.17, 15) is 9.36 Å². The first-order valence-electron chi connectivity index (χ1n) is 12.6. The monoisotopic (exact) mass is 540 g/mol. The first-order chi connectivity index (χ1) is 18.4. The average molecular weight is 541 g/mol. The highest BCUT2D eigenvalue weighted by Gasteiger charge is 2.50. The minimum atomic E-state index is -4.33. The van der Waals surface area contributed by atoms with Crippen molar-refractivity contribution in [1.29, 1.82) is 0 Å². The minimum absolute atomic E-state index is 0.194. The van der Waals surface area contributed by atoms with Gasteiger partial charge in [-0.2, -0.15) is 0 Å². The van der Waals surface area contributed by atoms with E-state index < -0.39 is 32.3 Å². The van der Waals surface area contributed by atoms with E-state index in [4.69, 9.17) is 27.8 Å². The summed E-state index contributed by atoms with van der Waals surface area (Å²) >= 11 is 0. The van der Waals surface area contributed by atoms with Crippen molar-refractivity contribution in [2.45, 2.75) is 58.4 Å². The second-order valence-electron chi connectivity index (χ2n) is 9.01. The molecule has 0 spiro atoms. The van der Waals surface area contributed by atoms with Crippen molar-refractivity contribution in [3.63, 3.8) is 0 Å². The van der Waals surface area contributed by atoms with Crippen LogP contribution in [0.3, 0.4) is 0 Å². The fraction of sp³-hybridized carbons (Fsp3) is 0.345. The van der Waals surface area contributed by atoms with Crippen molar-refractivity contribution in [1.82, 2.24) is 0 Å². The van der Waals surface area contributed by atoms with E-state index in [1.807, 2.05) is 56.3 Å². The second kappa shape index (κ2) is 13.1. The van der Waals surface area contributed by atoms with Crippen LogP contribution in [0.1, 0.15) is 32.8 Å². The Kier molecular flexibility index (Phi) is 9.58. The number of phosphoric ester groups is 1. The van der Waals surface area contributed by atoms with Crippen LogP contribution in [-0.2, 0) is 34.7 Å². The van der Waals surface area contributed by atoms with E-state index in [1.165, 1.54) is 6.92 Å². The van der Waals surface area contributed by atoms with Crippen LogP contribution in [-0.4, -0.2) is 30.6 Å². The Morgan fingerprint density at radius 2 is 1.37 bits per heavy atom. The third kappa shape index (κ3) is 7.45. The van der Waals surface area contributed by atoms with Gasteiger partial charge in [-0.1, -0.05) is 80.6 Å². The Balaban J connectivity index is 1.66. The summed E-state index contributed by atoms with van der Waals surface area (Å²) < 4.78 is 50.0. The molecule has 0 saturated carbocycles. The van der Waals surface area contributed by atoms with Gasteiger partial charge in [0.15, 0.2) is 0 Å². The minimum Gasteiger partial charge on any atom is -0.459 e. The maximum Gasteiger partial charge on any atom is 0.590 e. The number of benzene rings is 3. The van der Waals surface area contributed by atoms with Crippen molar-refractivity contribution in [3.05, 3.63) is 96.6 Å². The number of rotatable bonds is 11. The lowest BCUT2D eigenvalue weighted by molar-refractivity contribution is -0.276. The first-order valence-corrected chi connectivity index (χ1v) is 14.1. The zero-order valence-corrected chi connectivity index (χ0v) is 22.6. The number of hydrogen-bond donors (Lipinski definition) is 0. The van der Waals surface area contributed by atoms with Crippen LogP contribution in [0.5, 0.6) is 11.5 Å². The second-order valence-corrected chi connectivity index (χ2v) is 10.5. The highest BCUT2D eigenvalue weighted by Crippen LogP contribution is 2.52. The van der Waals surface area contributed by atoms with Gasteiger partial charge in [-0.15, -0.1) is 0 Å². The molecule has 8 nitrogen and oxygen atoms in total. The van der Waals surface area contributed by atoms with Gasteiger partial charge in [-0.25, -0.2) is 9.09 Å². The van der Waals surface area contributed by atoms with E-state index >= 15 is 0 Å². The van der Waals surface area contributed by atoms with E-state index in [1.54, 1.807) is 48.5 Å². The van der Waals surface area contributed by atoms with Crippen LogP contribution in [0.2, 0.25) is 0 Å². The molecule has 1 aliphatic heterocycles. The summed E-state index contributed by atoms with van der Waals surface area (Å²) in [6, 6.07) is 26.7. The lowest BCUT2D eigenvalue weighted by Gasteiger charge is -2.44. The number of carbonyl (C=O) groups is 1. The summed E-state index contributed by atoms with van der Waals surface area (Å²) in [6.45, 7) is 5.42. The third-order valence-corrected chi connectivity index (χ3v) is 7.48. The number of carbonyl (C=O) groups excluding carboxylic acids is 1. The number of hydrogen-bond acceptors (Lipinski definition) is 8. The van der Waals surface area contributed by atoms with Crippen LogP contribution in [0.25, 0.3) is 0 Å². The largest absolute Gasteiger partial charge is 0.590 e. The summed E-state index contributed by atoms with van der Waals surface area (Å²) in [5.74, 6) is -0.0912. The van der Waals surface area contributed by atoms with Crippen LogP contribution < -0.4 is 9.05 Å². The molecule has 1 saturated heterocycles. The van der Waals surface area contributed by atoms with Gasteiger partial charge >= 0.3 is 13.8 Å². The van der Waals surface area contributed by atoms with Crippen molar-refractivity contribution >= 4 is 13.8 Å². The van der Waals surface area contributed by atoms with Crippen molar-refractivity contribution in [2.75, 3.05) is 0 Å². The van der Waals surface area contributed by atoms with Gasteiger partial charge in [0.1, 0.15) is 23.7 Å². The average Bonchev–Trinajstić information content (AvgIpc) is 2.91. The molecule has 0 bridgehead atoms. The van der Waals surface area contributed by atoms with Crippen LogP contribution >= 0.6 is 7.82 Å². The molecule has 0 amide bonds. The van der Waals surface area contributed by atoms with Gasteiger partial charge in [0.25, 0.3) is 0 Å². The van der Waals surface area contributed by atoms with Gasteiger partial charge in [0, 0.05) is 12.8 Å². The van der Waals surface area contributed by atoms with Gasteiger partial charge in [0.2, 0.25) is 6.29 Å². The molecule has 0 N–H and O–H groups in total. The van der Waals surface area contributed by atoms with Crippen molar-refractivity contribution in [2.24, 2.45) is 5.92 Å². The Morgan fingerprint density at radius 1 is 0.842 bits per heavy atom. The molecule has 1 fully saturated rings. The van der Waals surface area contributed by atoms with Gasteiger partial charge in [-0.05, 0) is 36.2 Å². The highest BCUT2D eigenvalue weighted by atomic mass is 31.2. The summed E-state index contributed by atoms with van der Waals surface area (Å²) in [5, 5.41) is 0. The molecule has 1 aliphatic rings. The zero-order valence-electron chi connectivity index (χ0n) is 21.7. The highest BCUT2D eigenvalue weighted by molar-refractivity contribution is 7.49. The molecule has 0 aliphatic carbocycles. The summed E-state index contributed by atoms with van der Waals surface area (Å²) in [5.41, 5.74) is 0.905. The number of phosphoric acid groups is 1. The summed E-state index contributed by atoms with van der Waals surface area (Å²) in [4.78, 5) is 12.1. The van der Waals surface area contributed by atoms with Crippen molar-refractivity contribution in [3.8, 4) is 11.5 Å². The molecule has 4 rings (SSSR count). The topological polar surface area (TPSA) is 89.5 Å². The van der Waals surface area contributed by atoms with Gasteiger partial charge in [-0.3, -0.25) is 4.79 Å². The fourth-order valence-electron chi connectivity index (χ4n) is 4.31. The van der Waals surface area contributed by atoms with Gasteiger partial charge in [0.05, 0.1) is 12.7 Å². The molecule has 0 radical (unpaired) electrons. The first kappa shape index (κ1) is 27.9.